The number of likely N-dealkylation sites (tertiary alicyclic amines) is 1. The first kappa shape index (κ1) is 15.6. The average molecular weight is 340 g/mol. The Morgan fingerprint density at radius 1 is 1.35 bits per heavy atom. The van der Waals surface area contributed by atoms with E-state index in [0.29, 0.717) is 32.0 Å². The molecule has 2 saturated heterocycles. The Balaban J connectivity index is 1.38. The van der Waals surface area contributed by atoms with Crippen LogP contribution in [0.5, 0.6) is 0 Å². The zero-order chi connectivity index (χ0) is 16.1. The Labute approximate surface area is 137 Å². The maximum atomic E-state index is 12.6. The van der Waals surface area contributed by atoms with Gasteiger partial charge in [0, 0.05) is 38.2 Å². The third-order valence-corrected chi connectivity index (χ3v) is 8.12. The second kappa shape index (κ2) is 5.57. The molecule has 3 aliphatic rings. The molecular formula is C16H24N2O4S. The molecule has 3 fully saturated rings. The van der Waals surface area contributed by atoms with Gasteiger partial charge in [-0.05, 0) is 32.1 Å². The molecule has 1 spiro atoms. The Bertz CT molecular complexity index is 674. The highest BCUT2D eigenvalue weighted by Gasteiger charge is 2.61. The van der Waals surface area contributed by atoms with Gasteiger partial charge in [-0.2, -0.15) is 0 Å². The number of aromatic nitrogens is 1. The van der Waals surface area contributed by atoms with Gasteiger partial charge in [0.15, 0.2) is 9.84 Å². The highest BCUT2D eigenvalue weighted by molar-refractivity contribution is 7.93. The lowest BCUT2D eigenvalue weighted by Crippen LogP contribution is -2.67. The van der Waals surface area contributed by atoms with Crippen LogP contribution in [0.25, 0.3) is 0 Å². The molecule has 6 nitrogen and oxygen atoms in total. The fraction of sp³-hybridized carbons (Fsp3) is 0.812. The van der Waals surface area contributed by atoms with E-state index in [1.165, 1.54) is 12.8 Å². The summed E-state index contributed by atoms with van der Waals surface area (Å²) in [5, 5.41) is 3.99. The Kier molecular flexibility index (Phi) is 3.77. The molecule has 1 aromatic rings. The lowest BCUT2D eigenvalue weighted by molar-refractivity contribution is 0.0218. The number of nitrogens with zero attached hydrogens (tertiary/aromatic N) is 2. The number of hydrogen-bond donors (Lipinski definition) is 0. The van der Waals surface area contributed by atoms with Gasteiger partial charge in [-0.3, -0.25) is 4.90 Å². The summed E-state index contributed by atoms with van der Waals surface area (Å²) in [5.41, 5.74) is 0.870. The van der Waals surface area contributed by atoms with Gasteiger partial charge < -0.3 is 9.26 Å². The number of ether oxygens (including phenoxy) is 1. The van der Waals surface area contributed by atoms with Gasteiger partial charge in [0.2, 0.25) is 0 Å². The van der Waals surface area contributed by atoms with Gasteiger partial charge in [0.05, 0.1) is 18.1 Å². The highest BCUT2D eigenvalue weighted by Crippen LogP contribution is 2.45. The van der Waals surface area contributed by atoms with Crippen molar-refractivity contribution >= 4 is 9.84 Å². The summed E-state index contributed by atoms with van der Waals surface area (Å²) in [6, 6.07) is 1.91. The Hall–Kier alpha value is -0.920. The molecule has 0 bridgehead atoms. The number of sulfone groups is 1. The van der Waals surface area contributed by atoms with Crippen LogP contribution in [0.4, 0.5) is 0 Å². The molecule has 128 valence electrons. The fourth-order valence-corrected chi connectivity index (χ4v) is 6.37. The van der Waals surface area contributed by atoms with E-state index in [4.69, 9.17) is 9.26 Å². The number of rotatable bonds is 6. The van der Waals surface area contributed by atoms with Crippen LogP contribution in [-0.4, -0.2) is 55.3 Å². The number of aryl methyl sites for hydroxylation is 1. The van der Waals surface area contributed by atoms with Crippen molar-refractivity contribution in [2.45, 2.75) is 37.5 Å². The third-order valence-electron chi connectivity index (χ3n) is 5.51. The summed E-state index contributed by atoms with van der Waals surface area (Å²) < 4.78 is 35.4. The first-order valence-corrected chi connectivity index (χ1v) is 10.1. The van der Waals surface area contributed by atoms with Crippen molar-refractivity contribution in [3.8, 4) is 0 Å². The van der Waals surface area contributed by atoms with Gasteiger partial charge in [-0.15, -0.1) is 0 Å². The van der Waals surface area contributed by atoms with E-state index in [-0.39, 0.29) is 5.92 Å². The minimum absolute atomic E-state index is 0.140. The zero-order valence-corrected chi connectivity index (χ0v) is 14.3. The van der Waals surface area contributed by atoms with Gasteiger partial charge in [0.25, 0.3) is 0 Å². The van der Waals surface area contributed by atoms with Crippen molar-refractivity contribution in [3.63, 3.8) is 0 Å². The first-order valence-electron chi connectivity index (χ1n) is 8.43. The van der Waals surface area contributed by atoms with Gasteiger partial charge in [-0.1, -0.05) is 5.16 Å². The molecule has 1 aromatic heterocycles. The summed E-state index contributed by atoms with van der Waals surface area (Å²) in [4.78, 5) is 2.15. The Morgan fingerprint density at radius 2 is 2.13 bits per heavy atom. The molecule has 3 heterocycles. The van der Waals surface area contributed by atoms with Gasteiger partial charge >= 0.3 is 0 Å². The van der Waals surface area contributed by atoms with E-state index in [1.54, 1.807) is 0 Å². The van der Waals surface area contributed by atoms with E-state index in [9.17, 15) is 8.42 Å². The van der Waals surface area contributed by atoms with E-state index in [2.05, 4.69) is 10.1 Å². The van der Waals surface area contributed by atoms with Crippen molar-refractivity contribution in [3.05, 3.63) is 17.5 Å². The third kappa shape index (κ3) is 2.83. The van der Waals surface area contributed by atoms with Crippen molar-refractivity contribution < 1.29 is 17.7 Å². The summed E-state index contributed by atoms with van der Waals surface area (Å²) in [6.45, 7) is 5.10. The summed E-state index contributed by atoms with van der Waals surface area (Å²) in [6.07, 6.45) is 3.27. The molecular weight excluding hydrogens is 316 g/mol. The lowest BCUT2D eigenvalue weighted by atomic mass is 9.83. The molecule has 2 aliphatic heterocycles. The molecule has 1 unspecified atom stereocenters. The predicted molar refractivity (Wildman–Crippen MR) is 84.7 cm³/mol. The average Bonchev–Trinajstić information content (AvgIpc) is 3.13. The Morgan fingerprint density at radius 3 is 2.78 bits per heavy atom. The summed E-state index contributed by atoms with van der Waals surface area (Å²) in [7, 11) is -3.02. The monoisotopic (exact) mass is 340 g/mol. The van der Waals surface area contributed by atoms with Gasteiger partial charge in [-0.25, -0.2) is 8.42 Å². The molecule has 0 radical (unpaired) electrons. The summed E-state index contributed by atoms with van der Waals surface area (Å²) >= 11 is 0. The largest absolute Gasteiger partial charge is 0.381 e. The molecule has 4 rings (SSSR count). The van der Waals surface area contributed by atoms with E-state index in [0.717, 1.165) is 30.4 Å². The smallest absolute Gasteiger partial charge is 0.158 e. The number of hydrogen-bond acceptors (Lipinski definition) is 6. The van der Waals surface area contributed by atoms with Crippen LogP contribution in [0.3, 0.4) is 0 Å². The van der Waals surface area contributed by atoms with E-state index < -0.39 is 14.6 Å². The summed E-state index contributed by atoms with van der Waals surface area (Å²) in [5.74, 6) is 1.95. The molecule has 1 saturated carbocycles. The molecule has 0 aromatic carbocycles. The maximum absolute atomic E-state index is 12.6. The normalized spacial score (nSPS) is 29.0. The fourth-order valence-electron chi connectivity index (χ4n) is 3.91. The van der Waals surface area contributed by atoms with Gasteiger partial charge in [0.1, 0.15) is 10.5 Å². The van der Waals surface area contributed by atoms with Crippen LogP contribution in [-0.2, 0) is 21.1 Å². The van der Waals surface area contributed by atoms with Crippen molar-refractivity contribution in [1.82, 2.24) is 10.1 Å². The van der Waals surface area contributed by atoms with Crippen LogP contribution >= 0.6 is 0 Å². The van der Waals surface area contributed by atoms with Crippen molar-refractivity contribution in [2.75, 3.05) is 32.1 Å². The molecule has 23 heavy (non-hydrogen) atoms. The van der Waals surface area contributed by atoms with Crippen LogP contribution in [0, 0.1) is 18.8 Å². The van der Waals surface area contributed by atoms with Crippen molar-refractivity contribution in [2.24, 2.45) is 11.8 Å². The highest BCUT2D eigenvalue weighted by atomic mass is 32.2. The SMILES string of the molecule is Cc1cc(CN2CC3(C2)C(COCC2CC2)CCS3(=O)=O)no1. The molecule has 1 aliphatic carbocycles. The van der Waals surface area contributed by atoms with Crippen LogP contribution in [0.2, 0.25) is 0 Å². The quantitative estimate of drug-likeness (QED) is 0.779. The van der Waals surface area contributed by atoms with Crippen molar-refractivity contribution in [1.29, 1.82) is 0 Å². The van der Waals surface area contributed by atoms with E-state index >= 15 is 0 Å². The maximum Gasteiger partial charge on any atom is 0.158 e. The van der Waals surface area contributed by atoms with Crippen LogP contribution in [0.1, 0.15) is 30.7 Å². The zero-order valence-electron chi connectivity index (χ0n) is 13.5. The van der Waals surface area contributed by atoms with Crippen LogP contribution in [0.15, 0.2) is 10.6 Å². The molecule has 7 heteroatoms. The predicted octanol–water partition coefficient (Wildman–Crippen LogP) is 1.40. The van der Waals surface area contributed by atoms with Crippen LogP contribution < -0.4 is 0 Å². The lowest BCUT2D eigenvalue weighted by Gasteiger charge is -2.49. The standard InChI is InChI=1S/C16H24N2O4S/c1-12-6-15(17-22-12)7-18-10-16(11-18)14(4-5-23(16,19)20)9-21-8-13-2-3-13/h6,13-14H,2-5,7-11H2,1H3. The minimum atomic E-state index is -3.02. The first-order chi connectivity index (χ1) is 11.0. The minimum Gasteiger partial charge on any atom is -0.381 e. The molecule has 0 N–H and O–H groups in total. The second-order valence-corrected chi connectivity index (χ2v) is 9.87. The second-order valence-electron chi connectivity index (χ2n) is 7.42. The topological polar surface area (TPSA) is 72.6 Å². The molecule has 1 atom stereocenters. The molecule has 0 amide bonds. The van der Waals surface area contributed by atoms with E-state index in [1.807, 2.05) is 13.0 Å².